The predicted octanol–water partition coefficient (Wildman–Crippen LogP) is 3.02. The molecule has 0 spiro atoms. The molecule has 8 heteroatoms. The van der Waals surface area contributed by atoms with E-state index in [9.17, 15) is 14.9 Å². The molecule has 0 saturated heterocycles. The Morgan fingerprint density at radius 2 is 2.11 bits per heavy atom. The summed E-state index contributed by atoms with van der Waals surface area (Å²) in [4.78, 5) is 32.2. The van der Waals surface area contributed by atoms with Crippen LogP contribution in [0.5, 0.6) is 0 Å². The summed E-state index contributed by atoms with van der Waals surface area (Å²) in [7, 11) is 1.70. The number of carbonyl (C=O) groups excluding carboxylic acids is 1. The molecule has 0 aromatic carbocycles. The molecule has 1 N–H and O–H groups in total. The Labute approximate surface area is 167 Å². The molecule has 3 rings (SSSR count). The van der Waals surface area contributed by atoms with Gasteiger partial charge in [-0.1, -0.05) is 25.6 Å². The van der Waals surface area contributed by atoms with E-state index in [4.69, 9.17) is 0 Å². The summed E-state index contributed by atoms with van der Waals surface area (Å²) in [6.07, 6.45) is 3.06. The molecule has 0 aliphatic heterocycles. The Kier molecular flexibility index (Phi) is 5.37. The van der Waals surface area contributed by atoms with Crippen LogP contribution in [0.2, 0.25) is 0 Å². The first kappa shape index (κ1) is 19.9. The predicted molar refractivity (Wildman–Crippen MR) is 109 cm³/mol. The maximum absolute atomic E-state index is 12.9. The number of nitrogens with zero attached hydrogens (tertiary/aromatic N) is 3. The van der Waals surface area contributed by atoms with Gasteiger partial charge in [0, 0.05) is 11.9 Å². The molecule has 1 amide bonds. The van der Waals surface area contributed by atoms with Crippen LogP contribution >= 0.6 is 23.1 Å². The normalized spacial score (nSPS) is 16.8. The lowest BCUT2D eigenvalue weighted by atomic mass is 9.90. The van der Waals surface area contributed by atoms with E-state index >= 15 is 0 Å². The smallest absolute Gasteiger partial charge is 0.262 e. The molecule has 1 aliphatic rings. The summed E-state index contributed by atoms with van der Waals surface area (Å²) < 4.78 is 1.54. The van der Waals surface area contributed by atoms with Gasteiger partial charge in [-0.2, -0.15) is 5.26 Å². The van der Waals surface area contributed by atoms with Crippen LogP contribution in [0.15, 0.2) is 9.95 Å². The van der Waals surface area contributed by atoms with Crippen LogP contribution in [0.3, 0.4) is 0 Å². The molecule has 2 atom stereocenters. The zero-order chi connectivity index (χ0) is 19.9. The minimum Gasteiger partial charge on any atom is -0.337 e. The fraction of sp³-hybridized carbons (Fsp3) is 0.579. The zero-order valence-corrected chi connectivity index (χ0v) is 17.9. The fourth-order valence-corrected chi connectivity index (χ4v) is 5.26. The van der Waals surface area contributed by atoms with Gasteiger partial charge in [0.05, 0.1) is 16.7 Å². The molecule has 0 saturated carbocycles. The second-order valence-electron chi connectivity index (χ2n) is 7.51. The van der Waals surface area contributed by atoms with Crippen molar-refractivity contribution in [2.24, 2.45) is 13.0 Å². The van der Waals surface area contributed by atoms with Crippen LogP contribution in [0.25, 0.3) is 10.2 Å². The highest BCUT2D eigenvalue weighted by atomic mass is 32.2. The number of hydrogen-bond donors (Lipinski definition) is 1. The first-order valence-electron chi connectivity index (χ1n) is 9.09. The van der Waals surface area contributed by atoms with Crippen molar-refractivity contribution in [2.75, 3.05) is 0 Å². The number of rotatable bonds is 5. The van der Waals surface area contributed by atoms with Crippen molar-refractivity contribution in [3.05, 3.63) is 20.8 Å². The van der Waals surface area contributed by atoms with E-state index in [2.05, 4.69) is 16.4 Å². The number of amides is 1. The zero-order valence-electron chi connectivity index (χ0n) is 16.3. The van der Waals surface area contributed by atoms with E-state index in [1.54, 1.807) is 32.2 Å². The summed E-state index contributed by atoms with van der Waals surface area (Å²) in [5.74, 6) is -0.253. The lowest BCUT2D eigenvalue weighted by Crippen LogP contribution is -2.51. The number of fused-ring (bicyclic) bond motifs is 3. The third kappa shape index (κ3) is 3.50. The topological polar surface area (TPSA) is 87.8 Å². The Morgan fingerprint density at radius 3 is 2.74 bits per heavy atom. The average molecular weight is 405 g/mol. The lowest BCUT2D eigenvalue weighted by Gasteiger charge is -2.28. The van der Waals surface area contributed by atoms with Crippen LogP contribution < -0.4 is 10.9 Å². The molecule has 0 unspecified atom stereocenters. The SMILES string of the molecule is CC(C)[C@@](C)(C#N)NC(=O)[C@H](C)Sc1nc2sc3c(c2c(=O)n1C)CCC3. The summed E-state index contributed by atoms with van der Waals surface area (Å²) in [6.45, 7) is 7.29. The number of aromatic nitrogens is 2. The first-order chi connectivity index (χ1) is 12.7. The van der Waals surface area contributed by atoms with Gasteiger partial charge in [0.1, 0.15) is 10.4 Å². The van der Waals surface area contributed by atoms with Gasteiger partial charge in [-0.15, -0.1) is 11.3 Å². The highest BCUT2D eigenvalue weighted by Crippen LogP contribution is 2.35. The third-order valence-electron chi connectivity index (χ3n) is 5.33. The lowest BCUT2D eigenvalue weighted by molar-refractivity contribution is -0.121. The molecular weight excluding hydrogens is 380 g/mol. The molecule has 0 bridgehead atoms. The van der Waals surface area contributed by atoms with Crippen molar-refractivity contribution >= 4 is 39.2 Å². The molecule has 0 fully saturated rings. The average Bonchev–Trinajstić information content (AvgIpc) is 3.19. The Bertz CT molecular complexity index is 1000. The minimum atomic E-state index is -0.927. The fourth-order valence-electron chi connectivity index (χ4n) is 3.08. The van der Waals surface area contributed by atoms with Gasteiger partial charge >= 0.3 is 0 Å². The summed E-state index contributed by atoms with van der Waals surface area (Å²) in [5, 5.41) is 13.0. The molecular formula is C19H24N4O2S2. The van der Waals surface area contributed by atoms with Crippen molar-refractivity contribution in [1.29, 1.82) is 5.26 Å². The van der Waals surface area contributed by atoms with E-state index < -0.39 is 10.8 Å². The summed E-state index contributed by atoms with van der Waals surface area (Å²) in [6, 6.07) is 2.18. The highest BCUT2D eigenvalue weighted by molar-refractivity contribution is 8.00. The van der Waals surface area contributed by atoms with Gasteiger partial charge in [0.2, 0.25) is 5.91 Å². The van der Waals surface area contributed by atoms with Gasteiger partial charge in [0.15, 0.2) is 5.16 Å². The molecule has 2 aromatic heterocycles. The number of aryl methyl sites for hydroxylation is 2. The maximum atomic E-state index is 12.9. The monoisotopic (exact) mass is 404 g/mol. The van der Waals surface area contributed by atoms with Crippen LogP contribution in [-0.2, 0) is 24.7 Å². The van der Waals surface area contributed by atoms with Crippen molar-refractivity contribution in [3.8, 4) is 6.07 Å². The molecule has 2 heterocycles. The number of carbonyl (C=O) groups is 1. The number of nitriles is 1. The van der Waals surface area contributed by atoms with Crippen LogP contribution in [0, 0.1) is 17.2 Å². The van der Waals surface area contributed by atoms with Gasteiger partial charge in [-0.3, -0.25) is 14.2 Å². The van der Waals surface area contributed by atoms with Crippen molar-refractivity contribution in [3.63, 3.8) is 0 Å². The summed E-state index contributed by atoms with van der Waals surface area (Å²) in [5.41, 5.74) is 0.190. The highest BCUT2D eigenvalue weighted by Gasteiger charge is 2.32. The van der Waals surface area contributed by atoms with Gasteiger partial charge in [-0.05, 0) is 44.6 Å². The molecule has 6 nitrogen and oxygen atoms in total. The van der Waals surface area contributed by atoms with E-state index in [1.807, 2.05) is 13.8 Å². The molecule has 0 radical (unpaired) electrons. The second-order valence-corrected chi connectivity index (χ2v) is 9.91. The van der Waals surface area contributed by atoms with E-state index in [-0.39, 0.29) is 17.4 Å². The number of nitrogens with one attached hydrogen (secondary N) is 1. The Balaban J connectivity index is 1.86. The second kappa shape index (κ2) is 7.28. The first-order valence-corrected chi connectivity index (χ1v) is 10.8. The number of hydrogen-bond acceptors (Lipinski definition) is 6. The van der Waals surface area contributed by atoms with E-state index in [0.717, 1.165) is 35.0 Å². The van der Waals surface area contributed by atoms with E-state index in [0.29, 0.717) is 5.16 Å². The Hall–Kier alpha value is -1.85. The Morgan fingerprint density at radius 1 is 1.41 bits per heavy atom. The molecule has 1 aliphatic carbocycles. The molecule has 144 valence electrons. The number of thioether (sulfide) groups is 1. The quantitative estimate of drug-likeness (QED) is 0.611. The number of thiophene rings is 1. The van der Waals surface area contributed by atoms with Crippen molar-refractivity contribution in [1.82, 2.24) is 14.9 Å². The van der Waals surface area contributed by atoms with Crippen LogP contribution in [0.4, 0.5) is 0 Å². The van der Waals surface area contributed by atoms with Crippen LogP contribution in [-0.4, -0.2) is 26.2 Å². The maximum Gasteiger partial charge on any atom is 0.262 e. The van der Waals surface area contributed by atoms with Crippen molar-refractivity contribution < 1.29 is 4.79 Å². The third-order valence-corrected chi connectivity index (χ3v) is 7.66. The summed E-state index contributed by atoms with van der Waals surface area (Å²) >= 11 is 2.84. The van der Waals surface area contributed by atoms with Crippen LogP contribution in [0.1, 0.15) is 44.6 Å². The minimum absolute atomic E-state index is 0.0176. The van der Waals surface area contributed by atoms with Crippen molar-refractivity contribution in [2.45, 2.75) is 62.9 Å². The van der Waals surface area contributed by atoms with Gasteiger partial charge < -0.3 is 5.32 Å². The largest absolute Gasteiger partial charge is 0.337 e. The standard InChI is InChI=1S/C19H24N4O2S2/c1-10(2)19(4,9-20)22-15(24)11(3)26-18-21-16-14(17(25)23(18)5)12-7-6-8-13(12)27-16/h10-11H,6-8H2,1-5H3,(H,22,24)/t11-,19+/m0/s1. The van der Waals surface area contributed by atoms with Gasteiger partial charge in [0.25, 0.3) is 5.56 Å². The van der Waals surface area contributed by atoms with E-state index in [1.165, 1.54) is 21.2 Å². The molecule has 27 heavy (non-hydrogen) atoms. The molecule has 2 aromatic rings. The van der Waals surface area contributed by atoms with Gasteiger partial charge in [-0.25, -0.2) is 4.98 Å².